The zero-order valence-electron chi connectivity index (χ0n) is 16.5. The summed E-state index contributed by atoms with van der Waals surface area (Å²) in [7, 11) is 0. The van der Waals surface area contributed by atoms with Crippen LogP contribution in [0.3, 0.4) is 0 Å². The maximum atomic E-state index is 12.8. The normalized spacial score (nSPS) is 23.4. The summed E-state index contributed by atoms with van der Waals surface area (Å²) in [6.45, 7) is 1.90. The van der Waals surface area contributed by atoms with Gasteiger partial charge in [0.05, 0.1) is 18.9 Å². The van der Waals surface area contributed by atoms with E-state index < -0.39 is 16.8 Å². The summed E-state index contributed by atoms with van der Waals surface area (Å²) in [6, 6.07) is 10.5. The van der Waals surface area contributed by atoms with E-state index in [1.807, 2.05) is 12.1 Å². The molecule has 0 bridgehead atoms. The van der Waals surface area contributed by atoms with Crippen molar-refractivity contribution in [2.45, 2.75) is 10.9 Å². The van der Waals surface area contributed by atoms with Crippen LogP contribution in [0.2, 0.25) is 5.02 Å². The van der Waals surface area contributed by atoms with Crippen molar-refractivity contribution in [1.29, 1.82) is 0 Å². The van der Waals surface area contributed by atoms with Crippen LogP contribution in [0.15, 0.2) is 59.7 Å². The minimum atomic E-state index is -1.44. The molecule has 4 rings (SSSR count). The van der Waals surface area contributed by atoms with Gasteiger partial charge in [0.25, 0.3) is 5.91 Å². The molecule has 2 aliphatic rings. The van der Waals surface area contributed by atoms with E-state index >= 15 is 0 Å². The summed E-state index contributed by atoms with van der Waals surface area (Å²) >= 11 is 13.0. The molecular weight excluding hydrogens is 439 g/mol. The number of primary amides is 1. The standard InChI is InChI=1S/C22H20Cl2N4O3/c23-16-5-4-14(13-15(16)17-3-1-2-8-26-17)22(21(25)30)7-6-18(27-20(22)24)19(29)28-9-11-31-12-10-28/h1-8,13,20H,9-12H2,(H2,25,30). The lowest BCUT2D eigenvalue weighted by atomic mass is 9.76. The Morgan fingerprint density at radius 2 is 1.97 bits per heavy atom. The number of rotatable bonds is 4. The smallest absolute Gasteiger partial charge is 0.272 e. The number of amides is 2. The molecule has 1 saturated heterocycles. The number of dihydropyridines is 1. The van der Waals surface area contributed by atoms with Crippen molar-refractivity contribution in [3.63, 3.8) is 0 Å². The third-order valence-electron chi connectivity index (χ3n) is 5.44. The van der Waals surface area contributed by atoms with Crippen LogP contribution in [0.1, 0.15) is 5.56 Å². The monoisotopic (exact) mass is 458 g/mol. The predicted molar refractivity (Wildman–Crippen MR) is 119 cm³/mol. The fraction of sp³-hybridized carbons (Fsp3) is 0.273. The molecule has 2 unspecified atom stereocenters. The second kappa shape index (κ2) is 8.78. The number of nitrogens with zero attached hydrogens (tertiary/aromatic N) is 3. The molecule has 0 saturated carbocycles. The predicted octanol–water partition coefficient (Wildman–Crippen LogP) is 2.56. The number of alkyl halides is 1. The highest BCUT2D eigenvalue weighted by Crippen LogP contribution is 2.39. The SMILES string of the molecule is NC(=O)C1(c2ccc(Cl)c(-c3ccccn3)c2)C=CC(C(=O)N2CCOCC2)=NC1Cl. The minimum Gasteiger partial charge on any atom is -0.378 e. The molecule has 3 heterocycles. The van der Waals surface area contributed by atoms with Crippen LogP contribution < -0.4 is 5.73 Å². The maximum absolute atomic E-state index is 12.8. The van der Waals surface area contributed by atoms with Crippen LogP contribution in [0.25, 0.3) is 11.3 Å². The van der Waals surface area contributed by atoms with Crippen molar-refractivity contribution in [1.82, 2.24) is 9.88 Å². The van der Waals surface area contributed by atoms with Gasteiger partial charge in [-0.25, -0.2) is 0 Å². The highest BCUT2D eigenvalue weighted by Gasteiger charge is 2.46. The molecule has 1 aromatic carbocycles. The number of morpholine rings is 1. The molecule has 160 valence electrons. The van der Waals surface area contributed by atoms with Crippen LogP contribution in [0.4, 0.5) is 0 Å². The molecule has 2 N–H and O–H groups in total. The van der Waals surface area contributed by atoms with Gasteiger partial charge in [0.1, 0.15) is 16.6 Å². The molecule has 1 fully saturated rings. The first-order valence-corrected chi connectivity index (χ1v) is 10.5. The second-order valence-electron chi connectivity index (χ2n) is 7.23. The van der Waals surface area contributed by atoms with Crippen molar-refractivity contribution in [3.8, 4) is 11.3 Å². The number of benzene rings is 1. The Morgan fingerprint density at radius 3 is 2.61 bits per heavy atom. The first kappa shape index (κ1) is 21.5. The number of nitrogens with two attached hydrogens (primary N) is 1. The molecule has 2 amide bonds. The van der Waals surface area contributed by atoms with E-state index in [0.29, 0.717) is 48.1 Å². The maximum Gasteiger partial charge on any atom is 0.272 e. The summed E-state index contributed by atoms with van der Waals surface area (Å²) in [5.41, 5.74) is 5.24. The molecule has 2 atom stereocenters. The van der Waals surface area contributed by atoms with Crippen molar-refractivity contribution < 1.29 is 14.3 Å². The molecule has 2 aromatic rings. The number of carbonyl (C=O) groups is 2. The van der Waals surface area contributed by atoms with E-state index in [1.54, 1.807) is 41.4 Å². The van der Waals surface area contributed by atoms with Crippen LogP contribution >= 0.6 is 23.2 Å². The van der Waals surface area contributed by atoms with E-state index in [1.165, 1.54) is 6.08 Å². The largest absolute Gasteiger partial charge is 0.378 e. The number of aliphatic imine (C=N–C) groups is 1. The Bertz CT molecular complexity index is 1070. The summed E-state index contributed by atoms with van der Waals surface area (Å²) in [5, 5.41) is 0.472. The van der Waals surface area contributed by atoms with Crippen molar-refractivity contribution in [2.75, 3.05) is 26.3 Å². The minimum absolute atomic E-state index is 0.178. The average Bonchev–Trinajstić information content (AvgIpc) is 2.80. The first-order valence-electron chi connectivity index (χ1n) is 9.73. The van der Waals surface area contributed by atoms with Crippen LogP contribution in [0.5, 0.6) is 0 Å². The van der Waals surface area contributed by atoms with Gasteiger partial charge in [-0.15, -0.1) is 0 Å². The van der Waals surface area contributed by atoms with Gasteiger partial charge in [0, 0.05) is 29.9 Å². The summed E-state index contributed by atoms with van der Waals surface area (Å²) in [6.07, 6.45) is 4.72. The third-order valence-corrected chi connectivity index (χ3v) is 6.21. The molecular formula is C22H20Cl2N4O3. The molecule has 0 radical (unpaired) electrons. The number of halogens is 2. The van der Waals surface area contributed by atoms with Gasteiger partial charge in [-0.05, 0) is 35.9 Å². The van der Waals surface area contributed by atoms with Gasteiger partial charge < -0.3 is 15.4 Å². The van der Waals surface area contributed by atoms with Crippen LogP contribution in [-0.2, 0) is 19.7 Å². The molecule has 0 spiro atoms. The topological polar surface area (TPSA) is 97.9 Å². The molecule has 9 heteroatoms. The summed E-state index contributed by atoms with van der Waals surface area (Å²) < 4.78 is 5.28. The number of aromatic nitrogens is 1. The Hall–Kier alpha value is -2.74. The lowest BCUT2D eigenvalue weighted by Crippen LogP contribution is -2.50. The fourth-order valence-electron chi connectivity index (χ4n) is 3.69. The van der Waals surface area contributed by atoms with Crippen LogP contribution in [0, 0.1) is 0 Å². The first-order chi connectivity index (χ1) is 14.9. The Balaban J connectivity index is 1.71. The van der Waals surface area contributed by atoms with E-state index in [9.17, 15) is 9.59 Å². The van der Waals surface area contributed by atoms with Gasteiger partial charge in [-0.1, -0.05) is 41.4 Å². The van der Waals surface area contributed by atoms with E-state index in [-0.39, 0.29) is 11.6 Å². The molecule has 7 nitrogen and oxygen atoms in total. The lowest BCUT2D eigenvalue weighted by Gasteiger charge is -2.34. The fourth-order valence-corrected chi connectivity index (χ4v) is 4.31. The van der Waals surface area contributed by atoms with Gasteiger partial charge in [0.2, 0.25) is 5.91 Å². The summed E-state index contributed by atoms with van der Waals surface area (Å²) in [4.78, 5) is 35.8. The molecule has 1 aromatic heterocycles. The van der Waals surface area contributed by atoms with Gasteiger partial charge in [-0.3, -0.25) is 19.6 Å². The van der Waals surface area contributed by atoms with Gasteiger partial charge in [-0.2, -0.15) is 0 Å². The van der Waals surface area contributed by atoms with E-state index in [4.69, 9.17) is 33.7 Å². The third kappa shape index (κ3) is 3.96. The molecule has 31 heavy (non-hydrogen) atoms. The Kier molecular flexibility index (Phi) is 6.09. The van der Waals surface area contributed by atoms with Crippen LogP contribution in [-0.4, -0.2) is 59.2 Å². The number of ether oxygens (including phenoxy) is 1. The number of hydrogen-bond acceptors (Lipinski definition) is 5. The van der Waals surface area contributed by atoms with Gasteiger partial charge >= 0.3 is 0 Å². The van der Waals surface area contributed by atoms with Crippen molar-refractivity contribution in [3.05, 3.63) is 65.3 Å². The zero-order valence-corrected chi connectivity index (χ0v) is 18.0. The van der Waals surface area contributed by atoms with Crippen molar-refractivity contribution in [2.24, 2.45) is 10.7 Å². The van der Waals surface area contributed by atoms with Crippen molar-refractivity contribution >= 4 is 40.7 Å². The van der Waals surface area contributed by atoms with Gasteiger partial charge in [0.15, 0.2) is 0 Å². The second-order valence-corrected chi connectivity index (χ2v) is 8.05. The number of pyridine rings is 1. The lowest BCUT2D eigenvalue weighted by molar-refractivity contribution is -0.128. The Morgan fingerprint density at radius 1 is 1.19 bits per heavy atom. The highest BCUT2D eigenvalue weighted by molar-refractivity contribution is 6.44. The quantitative estimate of drug-likeness (QED) is 0.562. The number of hydrogen-bond donors (Lipinski definition) is 1. The molecule has 2 aliphatic heterocycles. The Labute approximate surface area is 189 Å². The highest BCUT2D eigenvalue weighted by atomic mass is 35.5. The average molecular weight is 459 g/mol. The molecule has 0 aliphatic carbocycles. The zero-order chi connectivity index (χ0) is 22.0. The van der Waals surface area contributed by atoms with E-state index in [2.05, 4.69) is 9.98 Å². The number of carbonyl (C=O) groups excluding carboxylic acids is 2. The van der Waals surface area contributed by atoms with E-state index in [0.717, 1.165) is 0 Å². The summed E-state index contributed by atoms with van der Waals surface area (Å²) in [5.74, 6) is -0.937.